The Hall–Kier alpha value is -6.03. The highest BCUT2D eigenvalue weighted by Crippen LogP contribution is 2.39. The summed E-state index contributed by atoms with van der Waals surface area (Å²) in [5, 5.41) is 3.87. The standard InChI is InChI=1S/C48H34N2S/c51-48-25-8-4-18-39(48)36-16-10-14-34(29-36)32-12-9-13-33(28-32)35-15-11-17-37(30-35)49-46-24-7-3-21-42(46)43-31-38(26-27-47(43)49)50-44-22-5-1-19-40(44)41-20-2-6-23-45(41)50/h1,3-19,21-31,51H,2,20H2. The molecule has 242 valence electrons. The van der Waals surface area contributed by atoms with E-state index in [0.717, 1.165) is 29.0 Å². The van der Waals surface area contributed by atoms with Gasteiger partial charge in [-0.05, 0) is 119 Å². The number of allylic oxidation sites excluding steroid dienone is 1. The molecule has 0 fully saturated rings. The van der Waals surface area contributed by atoms with Gasteiger partial charge in [-0.3, -0.25) is 0 Å². The lowest BCUT2D eigenvalue weighted by atomic mass is 9.96. The van der Waals surface area contributed by atoms with Crippen molar-refractivity contribution < 1.29 is 0 Å². The van der Waals surface area contributed by atoms with Crippen LogP contribution in [0.5, 0.6) is 0 Å². The lowest BCUT2D eigenvalue weighted by Gasteiger charge is -2.13. The van der Waals surface area contributed by atoms with Crippen molar-refractivity contribution in [2.45, 2.75) is 17.7 Å². The zero-order valence-corrected chi connectivity index (χ0v) is 28.9. The van der Waals surface area contributed by atoms with Crippen LogP contribution >= 0.6 is 12.6 Å². The summed E-state index contributed by atoms with van der Waals surface area (Å²) >= 11 is 4.72. The first-order valence-electron chi connectivity index (χ1n) is 17.6. The molecule has 7 aromatic carbocycles. The van der Waals surface area contributed by atoms with E-state index in [-0.39, 0.29) is 0 Å². The molecule has 0 aliphatic heterocycles. The first kappa shape index (κ1) is 29.8. The maximum Gasteiger partial charge on any atom is 0.0542 e. The van der Waals surface area contributed by atoms with E-state index < -0.39 is 0 Å². The molecule has 3 heteroatoms. The van der Waals surface area contributed by atoms with E-state index >= 15 is 0 Å². The second-order valence-corrected chi connectivity index (χ2v) is 13.9. The summed E-state index contributed by atoms with van der Waals surface area (Å²) in [4.78, 5) is 0.982. The first-order valence-corrected chi connectivity index (χ1v) is 18.1. The summed E-state index contributed by atoms with van der Waals surface area (Å²) in [6.45, 7) is 0. The minimum Gasteiger partial charge on any atom is -0.310 e. The van der Waals surface area contributed by atoms with Gasteiger partial charge < -0.3 is 9.13 Å². The fourth-order valence-corrected chi connectivity index (χ4v) is 8.42. The largest absolute Gasteiger partial charge is 0.310 e. The van der Waals surface area contributed by atoms with E-state index in [4.69, 9.17) is 12.6 Å². The number of hydrogen-bond acceptors (Lipinski definition) is 1. The number of fused-ring (bicyclic) bond motifs is 6. The van der Waals surface area contributed by atoms with Crippen LogP contribution in [0.3, 0.4) is 0 Å². The summed E-state index contributed by atoms with van der Waals surface area (Å²) in [6, 6.07) is 59.5. The van der Waals surface area contributed by atoms with Crippen molar-refractivity contribution >= 4 is 51.4 Å². The number of thiol groups is 1. The average molecular weight is 671 g/mol. The predicted octanol–water partition coefficient (Wildman–Crippen LogP) is 13.0. The highest BCUT2D eigenvalue weighted by molar-refractivity contribution is 7.80. The van der Waals surface area contributed by atoms with Crippen LogP contribution < -0.4 is 0 Å². The van der Waals surface area contributed by atoms with Gasteiger partial charge in [0.2, 0.25) is 0 Å². The molecule has 0 bridgehead atoms. The summed E-state index contributed by atoms with van der Waals surface area (Å²) in [6.07, 6.45) is 6.79. The molecule has 2 nitrogen and oxygen atoms in total. The molecule has 1 aliphatic rings. The monoisotopic (exact) mass is 670 g/mol. The Morgan fingerprint density at radius 1 is 0.431 bits per heavy atom. The van der Waals surface area contributed by atoms with Gasteiger partial charge in [0.1, 0.15) is 0 Å². The zero-order valence-electron chi connectivity index (χ0n) is 28.0. The highest BCUT2D eigenvalue weighted by atomic mass is 32.1. The zero-order chi connectivity index (χ0) is 33.9. The predicted molar refractivity (Wildman–Crippen MR) is 219 cm³/mol. The Labute approximate surface area is 303 Å². The minimum atomic E-state index is 0.982. The third-order valence-corrected chi connectivity index (χ3v) is 10.9. The molecule has 1 aliphatic carbocycles. The van der Waals surface area contributed by atoms with Crippen LogP contribution in [-0.4, -0.2) is 9.13 Å². The molecule has 2 heterocycles. The molecule has 9 aromatic rings. The summed E-state index contributed by atoms with van der Waals surface area (Å²) in [7, 11) is 0. The molecule has 0 amide bonds. The van der Waals surface area contributed by atoms with Gasteiger partial charge >= 0.3 is 0 Å². The molecule has 0 saturated heterocycles. The second-order valence-electron chi connectivity index (χ2n) is 13.4. The third-order valence-electron chi connectivity index (χ3n) is 10.5. The molecule has 0 unspecified atom stereocenters. The van der Waals surface area contributed by atoms with E-state index in [2.05, 4.69) is 173 Å². The fourth-order valence-electron chi connectivity index (χ4n) is 8.13. The summed E-state index contributed by atoms with van der Waals surface area (Å²) in [5.74, 6) is 0. The van der Waals surface area contributed by atoms with Crippen LogP contribution in [-0.2, 0) is 6.42 Å². The molecular formula is C48H34N2S. The lowest BCUT2D eigenvalue weighted by Crippen LogP contribution is -2.00. The molecule has 10 rings (SSSR count). The van der Waals surface area contributed by atoms with Crippen molar-refractivity contribution in [3.8, 4) is 44.8 Å². The van der Waals surface area contributed by atoms with E-state index in [1.54, 1.807) is 0 Å². The van der Waals surface area contributed by atoms with E-state index in [1.165, 1.54) is 77.5 Å². The number of aromatic nitrogens is 2. The van der Waals surface area contributed by atoms with Crippen LogP contribution in [0.15, 0.2) is 175 Å². The number of rotatable bonds is 5. The van der Waals surface area contributed by atoms with Gasteiger partial charge in [0, 0.05) is 38.1 Å². The van der Waals surface area contributed by atoms with E-state index in [0.29, 0.717) is 0 Å². The Morgan fingerprint density at radius 3 is 1.80 bits per heavy atom. The third kappa shape index (κ3) is 4.96. The molecule has 0 atom stereocenters. The van der Waals surface area contributed by atoms with Crippen LogP contribution in [0.2, 0.25) is 0 Å². The number of hydrogen-bond donors (Lipinski definition) is 1. The van der Waals surface area contributed by atoms with Gasteiger partial charge in [-0.1, -0.05) is 109 Å². The molecule has 2 aromatic heterocycles. The summed E-state index contributed by atoms with van der Waals surface area (Å²) in [5.41, 5.74) is 15.8. The Balaban J connectivity index is 1.08. The molecule has 51 heavy (non-hydrogen) atoms. The SMILES string of the molecule is Sc1ccccc1-c1cccc(-c2cccc(-c3cccc(-n4c5ccccc5c5cc(-n6c7c(c8ccccc86)CCC=C7)ccc54)c3)c2)c1. The quantitative estimate of drug-likeness (QED) is 0.175. The van der Waals surface area contributed by atoms with Crippen molar-refractivity contribution in [1.82, 2.24) is 9.13 Å². The minimum absolute atomic E-state index is 0.982. The Kier molecular flexibility index (Phi) is 7.07. The van der Waals surface area contributed by atoms with Gasteiger partial charge in [-0.2, -0.15) is 0 Å². The summed E-state index contributed by atoms with van der Waals surface area (Å²) < 4.78 is 4.87. The van der Waals surface area contributed by atoms with Gasteiger partial charge in [0.25, 0.3) is 0 Å². The van der Waals surface area contributed by atoms with Crippen molar-refractivity contribution in [3.63, 3.8) is 0 Å². The first-order chi connectivity index (χ1) is 25.2. The van der Waals surface area contributed by atoms with Crippen molar-refractivity contribution in [3.05, 3.63) is 181 Å². The molecular weight excluding hydrogens is 637 g/mol. The number of nitrogens with zero attached hydrogens (tertiary/aromatic N) is 2. The molecule has 0 spiro atoms. The van der Waals surface area contributed by atoms with Gasteiger partial charge in [-0.15, -0.1) is 12.6 Å². The maximum absolute atomic E-state index is 4.72. The Bertz CT molecular complexity index is 2830. The second kappa shape index (κ2) is 12.1. The molecule has 0 saturated carbocycles. The van der Waals surface area contributed by atoms with E-state index in [1.807, 2.05) is 12.1 Å². The van der Waals surface area contributed by atoms with Crippen molar-refractivity contribution in [2.24, 2.45) is 0 Å². The fraction of sp³-hybridized carbons (Fsp3) is 0.0417. The van der Waals surface area contributed by atoms with Crippen LogP contribution in [0.1, 0.15) is 17.7 Å². The molecule has 0 N–H and O–H groups in total. The van der Waals surface area contributed by atoms with Crippen LogP contribution in [0, 0.1) is 0 Å². The van der Waals surface area contributed by atoms with E-state index in [9.17, 15) is 0 Å². The topological polar surface area (TPSA) is 9.86 Å². The lowest BCUT2D eigenvalue weighted by molar-refractivity contribution is 0.968. The van der Waals surface area contributed by atoms with Gasteiger partial charge in [0.05, 0.1) is 16.6 Å². The Morgan fingerprint density at radius 2 is 1.02 bits per heavy atom. The normalized spacial score (nSPS) is 12.6. The number of para-hydroxylation sites is 2. The number of aryl methyl sites for hydroxylation is 1. The van der Waals surface area contributed by atoms with Crippen LogP contribution in [0.25, 0.3) is 83.5 Å². The highest BCUT2D eigenvalue weighted by Gasteiger charge is 2.20. The van der Waals surface area contributed by atoms with Gasteiger partial charge in [-0.25, -0.2) is 0 Å². The average Bonchev–Trinajstić information content (AvgIpc) is 3.71. The van der Waals surface area contributed by atoms with Gasteiger partial charge in [0.15, 0.2) is 0 Å². The van der Waals surface area contributed by atoms with Crippen molar-refractivity contribution in [2.75, 3.05) is 0 Å². The van der Waals surface area contributed by atoms with Crippen molar-refractivity contribution in [1.29, 1.82) is 0 Å². The molecule has 0 radical (unpaired) electrons. The maximum atomic E-state index is 4.72. The smallest absolute Gasteiger partial charge is 0.0542 e. The van der Waals surface area contributed by atoms with Crippen LogP contribution in [0.4, 0.5) is 0 Å². The number of benzene rings is 7.